The number of methoxy groups -OCH3 is 2. The first-order valence-electron chi connectivity index (χ1n) is 6.26. The number of carbonyl (C=O) groups excluding carboxylic acids is 1. The fourth-order valence-electron chi connectivity index (χ4n) is 1.40. The summed E-state index contributed by atoms with van der Waals surface area (Å²) >= 11 is 0. The predicted molar refractivity (Wildman–Crippen MR) is 68.2 cm³/mol. The first-order chi connectivity index (χ1) is 8.26. The van der Waals surface area contributed by atoms with Gasteiger partial charge in [0.15, 0.2) is 0 Å². The van der Waals surface area contributed by atoms with Gasteiger partial charge >= 0.3 is 6.03 Å². The highest BCUT2D eigenvalue weighted by molar-refractivity contribution is 5.74. The summed E-state index contributed by atoms with van der Waals surface area (Å²) in [6.07, 6.45) is 2.95. The largest absolute Gasteiger partial charge is 0.385 e. The minimum atomic E-state index is -0.00777. The molecule has 0 aliphatic carbocycles. The Morgan fingerprint density at radius 3 is 2.41 bits per heavy atom. The number of ether oxygens (including phenoxy) is 2. The normalized spacial score (nSPS) is 10.3. The second-order valence-corrected chi connectivity index (χ2v) is 3.91. The molecule has 0 unspecified atom stereocenters. The number of carbonyl (C=O) groups is 1. The van der Waals surface area contributed by atoms with Crippen LogP contribution in [0.3, 0.4) is 0 Å². The summed E-state index contributed by atoms with van der Waals surface area (Å²) in [6.45, 7) is 5.41. The van der Waals surface area contributed by atoms with E-state index in [1.165, 1.54) is 0 Å². The van der Waals surface area contributed by atoms with E-state index in [0.717, 1.165) is 25.8 Å². The summed E-state index contributed by atoms with van der Waals surface area (Å²) in [6, 6.07) is -0.00777. The first kappa shape index (κ1) is 16.2. The molecule has 0 rings (SSSR count). The van der Waals surface area contributed by atoms with Crippen molar-refractivity contribution in [3.05, 3.63) is 0 Å². The lowest BCUT2D eigenvalue weighted by atomic mass is 10.3. The summed E-state index contributed by atoms with van der Waals surface area (Å²) < 4.78 is 9.99. The Balaban J connectivity index is 3.91. The monoisotopic (exact) mass is 246 g/mol. The number of urea groups is 1. The van der Waals surface area contributed by atoms with Gasteiger partial charge in [-0.25, -0.2) is 4.79 Å². The summed E-state index contributed by atoms with van der Waals surface area (Å²) in [4.78, 5) is 13.6. The fourth-order valence-corrected chi connectivity index (χ4v) is 1.40. The van der Waals surface area contributed by atoms with Gasteiger partial charge in [-0.2, -0.15) is 0 Å². The van der Waals surface area contributed by atoms with Gasteiger partial charge in [0.05, 0.1) is 6.61 Å². The topological polar surface area (TPSA) is 50.8 Å². The molecule has 2 amide bonds. The van der Waals surface area contributed by atoms with Crippen molar-refractivity contribution in [3.63, 3.8) is 0 Å². The Hall–Kier alpha value is -0.810. The van der Waals surface area contributed by atoms with Gasteiger partial charge in [-0.15, -0.1) is 0 Å². The molecule has 0 fully saturated rings. The van der Waals surface area contributed by atoms with Crippen LogP contribution in [0, 0.1) is 0 Å². The zero-order valence-electron chi connectivity index (χ0n) is 11.3. The van der Waals surface area contributed by atoms with E-state index in [0.29, 0.717) is 26.3 Å². The Morgan fingerprint density at radius 1 is 1.12 bits per heavy atom. The molecule has 0 aromatic rings. The molecule has 0 radical (unpaired) electrons. The number of unbranched alkanes of at least 4 members (excludes halogenated alkanes) is 1. The summed E-state index contributed by atoms with van der Waals surface area (Å²) in [7, 11) is 3.31. The SMILES string of the molecule is CCCCNC(=O)N(CCCOC)CCOC. The third-order valence-corrected chi connectivity index (χ3v) is 2.44. The Morgan fingerprint density at radius 2 is 1.82 bits per heavy atom. The molecule has 0 bridgehead atoms. The van der Waals surface area contributed by atoms with Gasteiger partial charge in [0.2, 0.25) is 0 Å². The Kier molecular flexibility index (Phi) is 11.1. The van der Waals surface area contributed by atoms with E-state index in [1.807, 2.05) is 0 Å². The number of nitrogens with zero attached hydrogens (tertiary/aromatic N) is 1. The van der Waals surface area contributed by atoms with Gasteiger partial charge in [0.25, 0.3) is 0 Å². The van der Waals surface area contributed by atoms with Gasteiger partial charge in [0, 0.05) is 40.5 Å². The molecule has 0 atom stereocenters. The number of rotatable bonds is 10. The second kappa shape index (κ2) is 11.7. The van der Waals surface area contributed by atoms with Gasteiger partial charge in [-0.3, -0.25) is 0 Å². The van der Waals surface area contributed by atoms with Crippen LogP contribution < -0.4 is 5.32 Å². The van der Waals surface area contributed by atoms with Gasteiger partial charge < -0.3 is 19.7 Å². The molecule has 0 spiro atoms. The molecule has 0 aromatic heterocycles. The smallest absolute Gasteiger partial charge is 0.317 e. The maximum Gasteiger partial charge on any atom is 0.317 e. The lowest BCUT2D eigenvalue weighted by Crippen LogP contribution is -2.42. The second-order valence-electron chi connectivity index (χ2n) is 3.91. The van der Waals surface area contributed by atoms with E-state index >= 15 is 0 Å². The average Bonchev–Trinajstić information content (AvgIpc) is 2.33. The van der Waals surface area contributed by atoms with Crippen molar-refractivity contribution in [2.24, 2.45) is 0 Å². The quantitative estimate of drug-likeness (QED) is 0.594. The van der Waals surface area contributed by atoms with Crippen molar-refractivity contribution in [2.75, 3.05) is 47.1 Å². The van der Waals surface area contributed by atoms with Crippen molar-refractivity contribution in [1.29, 1.82) is 0 Å². The summed E-state index contributed by atoms with van der Waals surface area (Å²) in [5.41, 5.74) is 0. The molecule has 0 saturated carbocycles. The molecule has 5 nitrogen and oxygen atoms in total. The first-order valence-corrected chi connectivity index (χ1v) is 6.26. The predicted octanol–water partition coefficient (Wildman–Crippen LogP) is 1.48. The van der Waals surface area contributed by atoms with Crippen molar-refractivity contribution >= 4 is 6.03 Å². The van der Waals surface area contributed by atoms with E-state index in [-0.39, 0.29) is 6.03 Å². The molecule has 102 valence electrons. The maximum atomic E-state index is 11.8. The highest BCUT2D eigenvalue weighted by Crippen LogP contribution is 1.95. The molecule has 0 heterocycles. The molecule has 1 N–H and O–H groups in total. The van der Waals surface area contributed by atoms with Crippen LogP contribution in [0.25, 0.3) is 0 Å². The number of hydrogen-bond acceptors (Lipinski definition) is 3. The molecule has 5 heteroatoms. The van der Waals surface area contributed by atoms with Crippen LogP contribution in [0.2, 0.25) is 0 Å². The minimum absolute atomic E-state index is 0.00777. The Labute approximate surface area is 104 Å². The van der Waals surface area contributed by atoms with Gasteiger partial charge in [-0.05, 0) is 12.8 Å². The number of amides is 2. The molecule has 17 heavy (non-hydrogen) atoms. The van der Waals surface area contributed by atoms with Crippen molar-refractivity contribution in [3.8, 4) is 0 Å². The van der Waals surface area contributed by atoms with Crippen molar-refractivity contribution in [2.45, 2.75) is 26.2 Å². The third-order valence-electron chi connectivity index (χ3n) is 2.44. The average molecular weight is 246 g/mol. The van der Waals surface area contributed by atoms with Crippen LogP contribution in [0.1, 0.15) is 26.2 Å². The van der Waals surface area contributed by atoms with Crippen LogP contribution in [-0.4, -0.2) is 58.0 Å². The molecule has 0 aromatic carbocycles. The van der Waals surface area contributed by atoms with Gasteiger partial charge in [0.1, 0.15) is 0 Å². The Bertz CT molecular complexity index is 189. The molecule has 0 aliphatic heterocycles. The van der Waals surface area contributed by atoms with E-state index < -0.39 is 0 Å². The molecular formula is C12H26N2O3. The van der Waals surface area contributed by atoms with Crippen LogP contribution in [-0.2, 0) is 9.47 Å². The molecular weight excluding hydrogens is 220 g/mol. The zero-order valence-corrected chi connectivity index (χ0v) is 11.3. The number of hydrogen-bond donors (Lipinski definition) is 1. The lowest BCUT2D eigenvalue weighted by molar-refractivity contribution is 0.137. The van der Waals surface area contributed by atoms with Crippen LogP contribution >= 0.6 is 0 Å². The highest BCUT2D eigenvalue weighted by atomic mass is 16.5. The van der Waals surface area contributed by atoms with E-state index in [4.69, 9.17) is 9.47 Å². The van der Waals surface area contributed by atoms with E-state index in [2.05, 4.69) is 12.2 Å². The van der Waals surface area contributed by atoms with Gasteiger partial charge in [-0.1, -0.05) is 13.3 Å². The maximum absolute atomic E-state index is 11.8. The molecule has 0 saturated heterocycles. The molecule has 0 aliphatic rings. The van der Waals surface area contributed by atoms with Crippen molar-refractivity contribution in [1.82, 2.24) is 10.2 Å². The van der Waals surface area contributed by atoms with Crippen LogP contribution in [0.5, 0.6) is 0 Å². The lowest BCUT2D eigenvalue weighted by Gasteiger charge is -2.22. The third kappa shape index (κ3) is 8.94. The fraction of sp³-hybridized carbons (Fsp3) is 0.917. The summed E-state index contributed by atoms with van der Waals surface area (Å²) in [5.74, 6) is 0. The minimum Gasteiger partial charge on any atom is -0.385 e. The number of nitrogens with one attached hydrogen (secondary N) is 1. The van der Waals surface area contributed by atoms with E-state index in [9.17, 15) is 4.79 Å². The van der Waals surface area contributed by atoms with Crippen molar-refractivity contribution < 1.29 is 14.3 Å². The van der Waals surface area contributed by atoms with E-state index in [1.54, 1.807) is 19.1 Å². The highest BCUT2D eigenvalue weighted by Gasteiger charge is 2.11. The van der Waals surface area contributed by atoms with Crippen LogP contribution in [0.4, 0.5) is 4.79 Å². The zero-order chi connectivity index (χ0) is 12.9. The van der Waals surface area contributed by atoms with Crippen LogP contribution in [0.15, 0.2) is 0 Å². The standard InChI is InChI=1S/C12H26N2O3/c1-4-5-7-13-12(15)14(9-11-17-3)8-6-10-16-2/h4-11H2,1-3H3,(H,13,15). The summed E-state index contributed by atoms with van der Waals surface area (Å²) in [5, 5.41) is 2.91.